The minimum absolute atomic E-state index is 0.336. The predicted octanol–water partition coefficient (Wildman–Crippen LogP) is 5.56. The molecule has 0 spiro atoms. The lowest BCUT2D eigenvalue weighted by Gasteiger charge is -2.16. The normalized spacial score (nSPS) is 12.3. The Morgan fingerprint density at radius 1 is 1.00 bits per heavy atom. The van der Waals surface area contributed by atoms with Crippen LogP contribution < -0.4 is 0 Å². The Bertz CT molecular complexity index is 412. The lowest BCUT2D eigenvalue weighted by Crippen LogP contribution is -2.13. The molecule has 1 aromatic rings. The molecule has 0 bridgehead atoms. The molecule has 0 heterocycles. The van der Waals surface area contributed by atoms with Gasteiger partial charge in [-0.3, -0.25) is 4.79 Å². The van der Waals surface area contributed by atoms with E-state index in [-0.39, 0.29) is 5.92 Å². The highest BCUT2D eigenvalue weighted by Crippen LogP contribution is 2.26. The average molecular weight is 290 g/mol. The molecule has 0 fully saturated rings. The first-order chi connectivity index (χ1) is 10.2. The summed E-state index contributed by atoms with van der Waals surface area (Å²) in [7, 11) is 0. The maximum Gasteiger partial charge on any atom is 0.310 e. The van der Waals surface area contributed by atoms with E-state index in [1.54, 1.807) is 0 Å². The summed E-state index contributed by atoms with van der Waals surface area (Å²) in [6, 6.07) is 7.99. The van der Waals surface area contributed by atoms with Gasteiger partial charge in [-0.15, -0.1) is 0 Å². The molecule has 118 valence electrons. The minimum Gasteiger partial charge on any atom is -0.481 e. The lowest BCUT2D eigenvalue weighted by atomic mass is 9.89. The van der Waals surface area contributed by atoms with Crippen LogP contribution in [-0.2, 0) is 11.2 Å². The van der Waals surface area contributed by atoms with E-state index in [4.69, 9.17) is 0 Å². The summed E-state index contributed by atoms with van der Waals surface area (Å²) in [5.74, 6) is -1.02. The molecule has 0 aromatic heterocycles. The fraction of sp³-hybridized carbons (Fsp3) is 0.632. The first-order valence-corrected chi connectivity index (χ1v) is 8.51. The highest BCUT2D eigenvalue weighted by atomic mass is 16.4. The summed E-state index contributed by atoms with van der Waals surface area (Å²) < 4.78 is 0. The third-order valence-electron chi connectivity index (χ3n) is 4.21. The van der Waals surface area contributed by atoms with Gasteiger partial charge in [0.25, 0.3) is 0 Å². The second-order valence-electron chi connectivity index (χ2n) is 5.85. The van der Waals surface area contributed by atoms with Gasteiger partial charge in [-0.25, -0.2) is 0 Å². The van der Waals surface area contributed by atoms with Gasteiger partial charge >= 0.3 is 5.97 Å². The van der Waals surface area contributed by atoms with Crippen LogP contribution in [-0.4, -0.2) is 11.1 Å². The summed E-state index contributed by atoms with van der Waals surface area (Å²) in [4.78, 5) is 11.6. The van der Waals surface area contributed by atoms with Gasteiger partial charge in [-0.2, -0.15) is 0 Å². The van der Waals surface area contributed by atoms with Gasteiger partial charge in [0.15, 0.2) is 0 Å². The van der Waals surface area contributed by atoms with Crippen LogP contribution in [0.3, 0.4) is 0 Å². The van der Waals surface area contributed by atoms with E-state index in [1.807, 2.05) is 18.2 Å². The van der Waals surface area contributed by atoms with Crippen LogP contribution in [0.25, 0.3) is 0 Å². The van der Waals surface area contributed by atoms with E-state index in [9.17, 15) is 9.90 Å². The standard InChI is InChI=1S/C19H30O2/c1-3-5-6-7-8-9-10-15-18(19(20)21)17-14-12-11-13-16(17)4-2/h11-14,18H,3-10,15H2,1-2H3,(H,20,21). The second kappa shape index (κ2) is 10.4. The first kappa shape index (κ1) is 17.7. The third-order valence-corrected chi connectivity index (χ3v) is 4.21. The summed E-state index contributed by atoms with van der Waals surface area (Å²) in [5, 5.41) is 9.52. The van der Waals surface area contributed by atoms with Crippen LogP contribution in [0.2, 0.25) is 0 Å². The average Bonchev–Trinajstić information content (AvgIpc) is 2.50. The Kier molecular flexibility index (Phi) is 8.80. The molecule has 1 unspecified atom stereocenters. The SMILES string of the molecule is CCCCCCCCCC(C(=O)O)c1ccccc1CC. The van der Waals surface area contributed by atoms with Gasteiger partial charge < -0.3 is 5.11 Å². The van der Waals surface area contributed by atoms with Gasteiger partial charge in [-0.1, -0.05) is 83.1 Å². The van der Waals surface area contributed by atoms with Crippen LogP contribution in [0.5, 0.6) is 0 Å². The van der Waals surface area contributed by atoms with Crippen molar-refractivity contribution in [2.45, 2.75) is 77.6 Å². The van der Waals surface area contributed by atoms with Gasteiger partial charge in [0.1, 0.15) is 0 Å². The molecule has 0 aliphatic rings. The smallest absolute Gasteiger partial charge is 0.310 e. The molecule has 1 aromatic carbocycles. The van der Waals surface area contributed by atoms with Crippen LogP contribution in [0.15, 0.2) is 24.3 Å². The number of aliphatic carboxylic acids is 1. The third kappa shape index (κ3) is 6.33. The molecule has 2 heteroatoms. The Morgan fingerprint density at radius 2 is 1.62 bits per heavy atom. The van der Waals surface area contributed by atoms with Crippen molar-refractivity contribution in [2.75, 3.05) is 0 Å². The summed E-state index contributed by atoms with van der Waals surface area (Å²) in [5.41, 5.74) is 2.19. The lowest BCUT2D eigenvalue weighted by molar-refractivity contribution is -0.139. The number of carboxylic acid groups (broad SMARTS) is 1. The molecule has 1 atom stereocenters. The van der Waals surface area contributed by atoms with Crippen molar-refractivity contribution in [1.82, 2.24) is 0 Å². The monoisotopic (exact) mass is 290 g/mol. The maximum atomic E-state index is 11.6. The number of carbonyl (C=O) groups is 1. The van der Waals surface area contributed by atoms with Crippen molar-refractivity contribution in [3.8, 4) is 0 Å². The van der Waals surface area contributed by atoms with Crippen LogP contribution in [0, 0.1) is 0 Å². The van der Waals surface area contributed by atoms with Crippen molar-refractivity contribution in [1.29, 1.82) is 0 Å². The number of unbranched alkanes of at least 4 members (excludes halogenated alkanes) is 6. The van der Waals surface area contributed by atoms with Crippen molar-refractivity contribution < 1.29 is 9.90 Å². The number of rotatable bonds is 11. The molecule has 2 nitrogen and oxygen atoms in total. The highest BCUT2D eigenvalue weighted by molar-refractivity contribution is 5.76. The predicted molar refractivity (Wildman–Crippen MR) is 88.8 cm³/mol. The summed E-state index contributed by atoms with van der Waals surface area (Å²) in [6.07, 6.45) is 10.3. The van der Waals surface area contributed by atoms with Crippen molar-refractivity contribution in [2.24, 2.45) is 0 Å². The summed E-state index contributed by atoms with van der Waals surface area (Å²) in [6.45, 7) is 4.31. The Labute approximate surface area is 129 Å². The van der Waals surface area contributed by atoms with E-state index in [0.29, 0.717) is 0 Å². The Morgan fingerprint density at radius 3 is 2.24 bits per heavy atom. The molecular weight excluding hydrogens is 260 g/mol. The fourth-order valence-corrected chi connectivity index (χ4v) is 2.91. The highest BCUT2D eigenvalue weighted by Gasteiger charge is 2.21. The van der Waals surface area contributed by atoms with Gasteiger partial charge in [0.2, 0.25) is 0 Å². The number of benzene rings is 1. The number of hydrogen-bond acceptors (Lipinski definition) is 1. The minimum atomic E-state index is -0.679. The molecule has 0 amide bonds. The summed E-state index contributed by atoms with van der Waals surface area (Å²) >= 11 is 0. The molecule has 1 N–H and O–H groups in total. The second-order valence-corrected chi connectivity index (χ2v) is 5.85. The molecular formula is C19H30O2. The quantitative estimate of drug-likeness (QED) is 0.542. The van der Waals surface area contributed by atoms with Crippen molar-refractivity contribution in [3.05, 3.63) is 35.4 Å². The van der Waals surface area contributed by atoms with Crippen LogP contribution in [0.4, 0.5) is 0 Å². The molecule has 0 aliphatic heterocycles. The van der Waals surface area contributed by atoms with E-state index in [1.165, 1.54) is 37.7 Å². The number of hydrogen-bond donors (Lipinski definition) is 1. The number of carboxylic acids is 1. The molecule has 0 saturated heterocycles. The van der Waals surface area contributed by atoms with E-state index >= 15 is 0 Å². The molecule has 0 radical (unpaired) electrons. The molecule has 21 heavy (non-hydrogen) atoms. The van der Waals surface area contributed by atoms with E-state index in [0.717, 1.165) is 31.2 Å². The van der Waals surface area contributed by atoms with Gasteiger partial charge in [0, 0.05) is 0 Å². The van der Waals surface area contributed by atoms with E-state index < -0.39 is 5.97 Å². The molecule has 1 rings (SSSR count). The van der Waals surface area contributed by atoms with Gasteiger partial charge in [0.05, 0.1) is 5.92 Å². The van der Waals surface area contributed by atoms with Crippen LogP contribution >= 0.6 is 0 Å². The van der Waals surface area contributed by atoms with Crippen molar-refractivity contribution in [3.63, 3.8) is 0 Å². The topological polar surface area (TPSA) is 37.3 Å². The Balaban J connectivity index is 2.46. The largest absolute Gasteiger partial charge is 0.481 e. The van der Waals surface area contributed by atoms with Crippen LogP contribution in [0.1, 0.15) is 82.3 Å². The fourth-order valence-electron chi connectivity index (χ4n) is 2.91. The zero-order chi connectivity index (χ0) is 15.5. The Hall–Kier alpha value is -1.31. The first-order valence-electron chi connectivity index (χ1n) is 8.51. The zero-order valence-corrected chi connectivity index (χ0v) is 13.6. The number of aryl methyl sites for hydroxylation is 1. The van der Waals surface area contributed by atoms with Crippen molar-refractivity contribution >= 4 is 5.97 Å². The van der Waals surface area contributed by atoms with E-state index in [2.05, 4.69) is 19.9 Å². The molecule has 0 saturated carbocycles. The maximum absolute atomic E-state index is 11.6. The van der Waals surface area contributed by atoms with Gasteiger partial charge in [-0.05, 0) is 24.0 Å². The zero-order valence-electron chi connectivity index (χ0n) is 13.6. The molecule has 0 aliphatic carbocycles.